The number of nitrogens with one attached hydrogen (secondary N) is 1. The van der Waals surface area contributed by atoms with Crippen molar-refractivity contribution in [2.75, 3.05) is 31.6 Å². The maximum Gasteiger partial charge on any atom is 0.187 e. The summed E-state index contributed by atoms with van der Waals surface area (Å²) in [4.78, 5) is 24.1. The van der Waals surface area contributed by atoms with E-state index in [1.54, 1.807) is 11.3 Å². The van der Waals surface area contributed by atoms with Crippen LogP contribution in [0, 0.1) is 6.92 Å². The van der Waals surface area contributed by atoms with E-state index in [4.69, 9.17) is 15.0 Å². The average Bonchev–Trinajstić information content (AvgIpc) is 3.57. The number of likely N-dealkylation sites (tertiary alicyclic amines) is 1. The molecular formula is C29H38N6S. The molecule has 0 spiro atoms. The lowest BCUT2D eigenvalue weighted by atomic mass is 10.0. The van der Waals surface area contributed by atoms with Gasteiger partial charge in [0, 0.05) is 49.5 Å². The number of fused-ring (bicyclic) bond motifs is 2. The van der Waals surface area contributed by atoms with Crippen molar-refractivity contribution < 1.29 is 0 Å². The van der Waals surface area contributed by atoms with E-state index in [0.29, 0.717) is 6.04 Å². The number of anilines is 1. The summed E-state index contributed by atoms with van der Waals surface area (Å²) in [7, 11) is 2.18. The minimum atomic E-state index is 0.530. The topological polar surface area (TPSA) is 60.9 Å². The Morgan fingerprint density at radius 3 is 2.67 bits per heavy atom. The van der Waals surface area contributed by atoms with Crippen LogP contribution in [0.15, 0.2) is 43.3 Å². The van der Waals surface area contributed by atoms with Crippen LogP contribution >= 0.6 is 11.3 Å². The standard InChI is InChI=1S/C27H32N6S.C2H6/c1-6-18(7-2)21-16-29-25(24-20(21)9-12-28-24)23-17(4)15-22-26(31-23)34-27(30-22)32(5)19-10-13-33(8-3)14-11-19;1-2/h6-7,9,12,15-16,19,28H,1,8,10-11,13-14H2,2-5H3;1-2H3/b18-7+;. The van der Waals surface area contributed by atoms with Crippen LogP contribution in [0.3, 0.4) is 0 Å². The van der Waals surface area contributed by atoms with Gasteiger partial charge in [0.1, 0.15) is 16.0 Å². The van der Waals surface area contributed by atoms with Crippen LogP contribution in [0.1, 0.15) is 51.7 Å². The quantitative estimate of drug-likeness (QED) is 0.286. The summed E-state index contributed by atoms with van der Waals surface area (Å²) >= 11 is 1.68. The molecule has 4 aromatic rings. The average molecular weight is 503 g/mol. The molecule has 0 radical (unpaired) electrons. The van der Waals surface area contributed by atoms with Gasteiger partial charge in [0.2, 0.25) is 0 Å². The summed E-state index contributed by atoms with van der Waals surface area (Å²) in [6.07, 6.45) is 10.2. The van der Waals surface area contributed by atoms with E-state index in [1.807, 2.05) is 39.2 Å². The molecule has 0 aromatic carbocycles. The zero-order valence-corrected chi connectivity index (χ0v) is 23.2. The van der Waals surface area contributed by atoms with Crippen LogP contribution < -0.4 is 4.90 Å². The maximum absolute atomic E-state index is 5.07. The van der Waals surface area contributed by atoms with Crippen molar-refractivity contribution in [2.45, 2.75) is 53.5 Å². The fourth-order valence-electron chi connectivity index (χ4n) is 4.97. The molecule has 5 heterocycles. The van der Waals surface area contributed by atoms with E-state index < -0.39 is 0 Å². The van der Waals surface area contributed by atoms with Crippen LogP contribution in [0.25, 0.3) is 38.2 Å². The molecule has 190 valence electrons. The van der Waals surface area contributed by atoms with Crippen molar-refractivity contribution in [3.63, 3.8) is 0 Å². The molecule has 4 aromatic heterocycles. The Kier molecular flexibility index (Phi) is 8.21. The molecule has 0 aliphatic carbocycles. The Bertz CT molecular complexity index is 1370. The summed E-state index contributed by atoms with van der Waals surface area (Å²) in [5.41, 5.74) is 6.96. The third-order valence-corrected chi connectivity index (χ3v) is 8.14. The highest BCUT2D eigenvalue weighted by molar-refractivity contribution is 7.21. The highest BCUT2D eigenvalue weighted by atomic mass is 32.1. The maximum atomic E-state index is 5.07. The van der Waals surface area contributed by atoms with E-state index in [1.165, 1.54) is 12.8 Å². The van der Waals surface area contributed by atoms with Crippen molar-refractivity contribution >= 4 is 43.3 Å². The molecule has 36 heavy (non-hydrogen) atoms. The predicted octanol–water partition coefficient (Wildman–Crippen LogP) is 7.08. The second kappa shape index (κ2) is 11.4. The first-order chi connectivity index (χ1) is 17.5. The number of hydrogen-bond donors (Lipinski definition) is 1. The van der Waals surface area contributed by atoms with E-state index in [9.17, 15) is 0 Å². The van der Waals surface area contributed by atoms with Gasteiger partial charge in [-0.05, 0) is 56.5 Å². The number of aromatic amines is 1. The van der Waals surface area contributed by atoms with Gasteiger partial charge in [0.05, 0.1) is 11.2 Å². The second-order valence-corrected chi connectivity index (χ2v) is 9.94. The van der Waals surface area contributed by atoms with Gasteiger partial charge in [-0.15, -0.1) is 0 Å². The fourth-order valence-corrected chi connectivity index (χ4v) is 5.92. The lowest BCUT2D eigenvalue weighted by Gasteiger charge is -2.36. The summed E-state index contributed by atoms with van der Waals surface area (Å²) in [5.74, 6) is 0. The zero-order chi connectivity index (χ0) is 25.8. The molecule has 6 nitrogen and oxygen atoms in total. The summed E-state index contributed by atoms with van der Waals surface area (Å²) in [6.45, 7) is 17.8. The lowest BCUT2D eigenvalue weighted by Crippen LogP contribution is -2.43. The van der Waals surface area contributed by atoms with Crippen LogP contribution in [-0.4, -0.2) is 57.6 Å². The van der Waals surface area contributed by atoms with Crippen LogP contribution in [0.4, 0.5) is 5.13 Å². The minimum absolute atomic E-state index is 0.530. The van der Waals surface area contributed by atoms with Gasteiger partial charge in [-0.3, -0.25) is 4.98 Å². The first-order valence-electron chi connectivity index (χ1n) is 13.0. The Morgan fingerprint density at radius 2 is 2.00 bits per heavy atom. The normalized spacial score (nSPS) is 15.2. The second-order valence-electron chi connectivity index (χ2n) is 8.99. The largest absolute Gasteiger partial charge is 0.359 e. The van der Waals surface area contributed by atoms with Crippen LogP contribution in [0.2, 0.25) is 0 Å². The van der Waals surface area contributed by atoms with Gasteiger partial charge >= 0.3 is 0 Å². The molecular weight excluding hydrogens is 464 g/mol. The van der Waals surface area contributed by atoms with Crippen molar-refractivity contribution in [1.82, 2.24) is 24.8 Å². The number of pyridine rings is 2. The van der Waals surface area contributed by atoms with Crippen LogP contribution in [0.5, 0.6) is 0 Å². The van der Waals surface area contributed by atoms with Gasteiger partial charge in [-0.1, -0.05) is 50.8 Å². The zero-order valence-electron chi connectivity index (χ0n) is 22.4. The molecule has 0 unspecified atom stereocenters. The molecule has 1 aliphatic heterocycles. The molecule has 1 aliphatic rings. The summed E-state index contributed by atoms with van der Waals surface area (Å²) in [5, 5.41) is 2.17. The van der Waals surface area contributed by atoms with Gasteiger partial charge in [-0.25, -0.2) is 9.97 Å². The van der Waals surface area contributed by atoms with E-state index >= 15 is 0 Å². The predicted molar refractivity (Wildman–Crippen MR) is 156 cm³/mol. The van der Waals surface area contributed by atoms with Gasteiger partial charge in [0.15, 0.2) is 5.13 Å². The number of rotatable bonds is 6. The van der Waals surface area contributed by atoms with E-state index in [-0.39, 0.29) is 0 Å². The van der Waals surface area contributed by atoms with Gasteiger partial charge < -0.3 is 14.8 Å². The van der Waals surface area contributed by atoms with Gasteiger partial charge in [0.25, 0.3) is 0 Å². The number of aryl methyl sites for hydroxylation is 1. The highest BCUT2D eigenvalue weighted by Crippen LogP contribution is 2.36. The first kappa shape index (κ1) is 26.0. The Labute approximate surface area is 218 Å². The van der Waals surface area contributed by atoms with Crippen molar-refractivity contribution in [3.8, 4) is 11.4 Å². The molecule has 7 heteroatoms. The summed E-state index contributed by atoms with van der Waals surface area (Å²) in [6, 6.07) is 4.78. The number of aromatic nitrogens is 4. The molecule has 0 atom stereocenters. The molecule has 1 saturated heterocycles. The SMILES string of the molecule is C=C/C(=C\C)c1cnc(-c2nc3sc(N(C)C4CCN(CC)CC4)nc3cc2C)c2[nH]ccc12.CC. The van der Waals surface area contributed by atoms with Crippen molar-refractivity contribution in [1.29, 1.82) is 0 Å². The number of piperidine rings is 1. The van der Waals surface area contributed by atoms with Crippen molar-refractivity contribution in [2.24, 2.45) is 0 Å². The number of hydrogen-bond acceptors (Lipinski definition) is 6. The number of allylic oxidation sites excluding steroid dienone is 3. The molecule has 0 saturated carbocycles. The minimum Gasteiger partial charge on any atom is -0.359 e. The third-order valence-electron chi connectivity index (χ3n) is 7.08. The Hall–Kier alpha value is -3.03. The Balaban J connectivity index is 0.00000148. The lowest BCUT2D eigenvalue weighted by molar-refractivity contribution is 0.221. The van der Waals surface area contributed by atoms with E-state index in [2.05, 4.69) is 60.5 Å². The summed E-state index contributed by atoms with van der Waals surface area (Å²) < 4.78 is 0. The number of H-pyrrole nitrogens is 1. The monoisotopic (exact) mass is 502 g/mol. The van der Waals surface area contributed by atoms with Crippen LogP contribution in [-0.2, 0) is 0 Å². The molecule has 1 N–H and O–H groups in total. The highest BCUT2D eigenvalue weighted by Gasteiger charge is 2.24. The van der Waals surface area contributed by atoms with Crippen molar-refractivity contribution in [3.05, 3.63) is 54.4 Å². The molecule has 1 fully saturated rings. The Morgan fingerprint density at radius 1 is 1.25 bits per heavy atom. The third kappa shape index (κ3) is 4.82. The van der Waals surface area contributed by atoms with Gasteiger partial charge in [-0.2, -0.15) is 0 Å². The molecule has 0 amide bonds. The number of nitrogens with zero attached hydrogens (tertiary/aromatic N) is 5. The number of thiazole rings is 1. The van der Waals surface area contributed by atoms with E-state index in [0.717, 1.165) is 74.1 Å². The first-order valence-corrected chi connectivity index (χ1v) is 13.8. The molecule has 0 bridgehead atoms. The molecule has 5 rings (SSSR count). The fraction of sp³-hybridized carbons (Fsp3) is 0.414. The smallest absolute Gasteiger partial charge is 0.187 e.